The van der Waals surface area contributed by atoms with Crippen LogP contribution in [0.1, 0.15) is 25.2 Å². The van der Waals surface area contributed by atoms with Crippen molar-refractivity contribution < 1.29 is 14.7 Å². The van der Waals surface area contributed by atoms with Crippen LogP contribution in [0.3, 0.4) is 0 Å². The molecule has 1 heterocycles. The Kier molecular flexibility index (Phi) is 3.90. The van der Waals surface area contributed by atoms with E-state index < -0.39 is 17.5 Å². The van der Waals surface area contributed by atoms with Crippen molar-refractivity contribution in [1.29, 1.82) is 0 Å². The van der Waals surface area contributed by atoms with E-state index in [4.69, 9.17) is 5.11 Å². The molecule has 18 heavy (non-hydrogen) atoms. The quantitative estimate of drug-likeness (QED) is 0.762. The molecule has 2 amide bonds. The minimum absolute atomic E-state index is 0.555. The maximum absolute atomic E-state index is 11.7. The largest absolute Gasteiger partial charge is 0.480 e. The molecule has 0 unspecified atom stereocenters. The second kappa shape index (κ2) is 5.03. The Morgan fingerprint density at radius 3 is 2.39 bits per heavy atom. The van der Waals surface area contributed by atoms with Gasteiger partial charge in [-0.2, -0.15) is 0 Å². The van der Waals surface area contributed by atoms with Crippen molar-refractivity contribution >= 4 is 17.7 Å². The highest BCUT2D eigenvalue weighted by molar-refractivity contribution is 5.93. The van der Waals surface area contributed by atoms with Crippen molar-refractivity contribution in [1.82, 2.24) is 10.3 Å². The highest BCUT2D eigenvalue weighted by Gasteiger charge is 2.29. The fourth-order valence-electron chi connectivity index (χ4n) is 1.31. The maximum Gasteiger partial charge on any atom is 0.328 e. The minimum Gasteiger partial charge on any atom is -0.480 e. The van der Waals surface area contributed by atoms with Gasteiger partial charge in [0.1, 0.15) is 5.54 Å². The van der Waals surface area contributed by atoms with E-state index in [1.807, 2.05) is 6.92 Å². The molecule has 0 aliphatic carbocycles. The van der Waals surface area contributed by atoms with E-state index in [9.17, 15) is 9.59 Å². The molecule has 3 N–H and O–H groups in total. The van der Waals surface area contributed by atoms with Crippen LogP contribution >= 0.6 is 0 Å². The van der Waals surface area contributed by atoms with E-state index in [-0.39, 0.29) is 0 Å². The molecular formula is C12H17N3O3. The molecule has 0 aromatic carbocycles. The number of anilines is 1. The number of nitrogens with zero attached hydrogens (tertiary/aromatic N) is 1. The number of hydrogen-bond donors (Lipinski definition) is 3. The number of urea groups is 1. The zero-order valence-electron chi connectivity index (χ0n) is 10.9. The van der Waals surface area contributed by atoms with Gasteiger partial charge in [0.25, 0.3) is 0 Å². The number of nitrogens with one attached hydrogen (secondary N) is 2. The summed E-state index contributed by atoms with van der Waals surface area (Å²) in [6.07, 6.45) is 0. The number of aromatic nitrogens is 1. The topological polar surface area (TPSA) is 91.3 Å². The molecule has 0 atom stereocenters. The van der Waals surface area contributed by atoms with E-state index in [1.54, 1.807) is 19.1 Å². The standard InChI is InChI=1S/C12H17N3O3/c1-7-5-6-9(8(2)13-7)14-11(18)15-12(3,4)10(16)17/h5-6H,1-4H3,(H,16,17)(H2,14,15,18). The summed E-state index contributed by atoms with van der Waals surface area (Å²) in [4.78, 5) is 26.7. The molecule has 6 nitrogen and oxygen atoms in total. The Balaban J connectivity index is 2.74. The number of pyridine rings is 1. The molecule has 0 spiro atoms. The van der Waals surface area contributed by atoms with Crippen LogP contribution in [-0.4, -0.2) is 27.6 Å². The monoisotopic (exact) mass is 251 g/mol. The minimum atomic E-state index is -1.32. The fraction of sp³-hybridized carbons (Fsp3) is 0.417. The summed E-state index contributed by atoms with van der Waals surface area (Å²) in [5.74, 6) is -1.10. The Hall–Kier alpha value is -2.11. The summed E-state index contributed by atoms with van der Waals surface area (Å²) >= 11 is 0. The number of carbonyl (C=O) groups is 2. The summed E-state index contributed by atoms with van der Waals surface area (Å²) in [5.41, 5.74) is 0.762. The van der Waals surface area contributed by atoms with E-state index >= 15 is 0 Å². The van der Waals surface area contributed by atoms with Gasteiger partial charge in [-0.1, -0.05) is 0 Å². The number of hydrogen-bond acceptors (Lipinski definition) is 3. The Bertz CT molecular complexity index is 483. The van der Waals surface area contributed by atoms with Crippen LogP contribution in [0.15, 0.2) is 12.1 Å². The summed E-state index contributed by atoms with van der Waals surface area (Å²) in [6.45, 7) is 6.44. The Morgan fingerprint density at radius 1 is 1.28 bits per heavy atom. The van der Waals surface area contributed by atoms with E-state index in [1.165, 1.54) is 13.8 Å². The third kappa shape index (κ3) is 3.44. The SMILES string of the molecule is Cc1ccc(NC(=O)NC(C)(C)C(=O)O)c(C)n1. The number of aryl methyl sites for hydroxylation is 2. The first kappa shape index (κ1) is 14.0. The highest BCUT2D eigenvalue weighted by atomic mass is 16.4. The van der Waals surface area contributed by atoms with Gasteiger partial charge in [0.15, 0.2) is 0 Å². The van der Waals surface area contributed by atoms with Crippen molar-refractivity contribution in [3.05, 3.63) is 23.5 Å². The van der Waals surface area contributed by atoms with Crippen molar-refractivity contribution in [3.63, 3.8) is 0 Å². The van der Waals surface area contributed by atoms with Gasteiger partial charge in [0.05, 0.1) is 11.4 Å². The third-order valence-electron chi connectivity index (χ3n) is 2.43. The van der Waals surface area contributed by atoms with Crippen LogP contribution in [0.2, 0.25) is 0 Å². The predicted octanol–water partition coefficient (Wildman–Crippen LogP) is 1.68. The molecule has 98 valence electrons. The maximum atomic E-state index is 11.7. The molecular weight excluding hydrogens is 234 g/mol. The average Bonchev–Trinajstić information content (AvgIpc) is 2.21. The number of carbonyl (C=O) groups excluding carboxylic acids is 1. The lowest BCUT2D eigenvalue weighted by Gasteiger charge is -2.21. The van der Waals surface area contributed by atoms with Gasteiger partial charge < -0.3 is 15.7 Å². The van der Waals surface area contributed by atoms with Crippen molar-refractivity contribution in [2.45, 2.75) is 33.2 Å². The smallest absolute Gasteiger partial charge is 0.328 e. The summed E-state index contributed by atoms with van der Waals surface area (Å²) in [5, 5.41) is 13.8. The molecule has 0 aliphatic heterocycles. The molecule has 0 fully saturated rings. The predicted molar refractivity (Wildman–Crippen MR) is 67.6 cm³/mol. The lowest BCUT2D eigenvalue weighted by atomic mass is 10.1. The van der Waals surface area contributed by atoms with Gasteiger partial charge in [-0.25, -0.2) is 9.59 Å². The van der Waals surface area contributed by atoms with Gasteiger partial charge in [-0.15, -0.1) is 0 Å². The van der Waals surface area contributed by atoms with Gasteiger partial charge in [-0.3, -0.25) is 4.98 Å². The molecule has 1 aromatic rings. The number of carboxylic acid groups (broad SMARTS) is 1. The number of rotatable bonds is 3. The van der Waals surface area contributed by atoms with Crippen molar-refractivity contribution in [3.8, 4) is 0 Å². The van der Waals surface area contributed by atoms with Crippen LogP contribution in [0.25, 0.3) is 0 Å². The summed E-state index contributed by atoms with van der Waals surface area (Å²) < 4.78 is 0. The number of aliphatic carboxylic acids is 1. The molecule has 0 saturated carbocycles. The molecule has 0 aliphatic rings. The van der Waals surface area contributed by atoms with Crippen LogP contribution in [0.4, 0.5) is 10.5 Å². The normalized spacial score (nSPS) is 10.9. The molecule has 1 aromatic heterocycles. The van der Waals surface area contributed by atoms with Crippen LogP contribution in [0, 0.1) is 13.8 Å². The molecule has 0 radical (unpaired) electrons. The lowest BCUT2D eigenvalue weighted by molar-refractivity contribution is -0.142. The molecule has 1 rings (SSSR count). The Labute approximate surface area is 105 Å². The van der Waals surface area contributed by atoms with Gasteiger partial charge >= 0.3 is 12.0 Å². The van der Waals surface area contributed by atoms with Crippen LogP contribution in [0.5, 0.6) is 0 Å². The van der Waals surface area contributed by atoms with Gasteiger partial charge in [-0.05, 0) is 39.8 Å². The van der Waals surface area contributed by atoms with Crippen molar-refractivity contribution in [2.75, 3.05) is 5.32 Å². The Morgan fingerprint density at radius 2 is 1.89 bits per heavy atom. The zero-order chi connectivity index (χ0) is 13.9. The zero-order valence-corrected chi connectivity index (χ0v) is 10.9. The third-order valence-corrected chi connectivity index (χ3v) is 2.43. The second-order valence-electron chi connectivity index (χ2n) is 4.59. The number of carboxylic acids is 1. The molecule has 6 heteroatoms. The van der Waals surface area contributed by atoms with Crippen LogP contribution < -0.4 is 10.6 Å². The van der Waals surface area contributed by atoms with Gasteiger partial charge in [0.2, 0.25) is 0 Å². The average molecular weight is 251 g/mol. The first-order chi connectivity index (χ1) is 8.22. The van der Waals surface area contributed by atoms with E-state index in [2.05, 4.69) is 15.6 Å². The first-order valence-electron chi connectivity index (χ1n) is 5.49. The second-order valence-corrected chi connectivity index (χ2v) is 4.59. The first-order valence-corrected chi connectivity index (χ1v) is 5.49. The summed E-state index contributed by atoms with van der Waals surface area (Å²) in [7, 11) is 0. The van der Waals surface area contributed by atoms with Crippen LogP contribution in [-0.2, 0) is 4.79 Å². The van der Waals surface area contributed by atoms with Crippen molar-refractivity contribution in [2.24, 2.45) is 0 Å². The lowest BCUT2D eigenvalue weighted by Crippen LogP contribution is -2.51. The molecule has 0 bridgehead atoms. The van der Waals surface area contributed by atoms with E-state index in [0.717, 1.165) is 5.69 Å². The summed E-state index contributed by atoms with van der Waals surface area (Å²) in [6, 6.07) is 2.92. The number of amides is 2. The fourth-order valence-corrected chi connectivity index (χ4v) is 1.31. The van der Waals surface area contributed by atoms with E-state index in [0.29, 0.717) is 11.4 Å². The molecule has 0 saturated heterocycles. The highest BCUT2D eigenvalue weighted by Crippen LogP contribution is 2.12. The van der Waals surface area contributed by atoms with Gasteiger partial charge in [0, 0.05) is 5.69 Å².